The van der Waals surface area contributed by atoms with Crippen LogP contribution >= 0.6 is 0 Å². The van der Waals surface area contributed by atoms with E-state index in [4.69, 9.17) is 0 Å². The van der Waals surface area contributed by atoms with Crippen molar-refractivity contribution in [1.29, 1.82) is 0 Å². The lowest BCUT2D eigenvalue weighted by atomic mass is 9.95. The standard InChI is InChI=1S/C14H24N4/c1-5-12-13(15-4)16-9-17-14(12)18-7-6-11(8-18)10(2)3/h9-11H,5-8H2,1-4H3,(H,15,16,17). The molecular formula is C14H24N4. The van der Waals surface area contributed by atoms with Crippen LogP contribution in [0.4, 0.5) is 11.6 Å². The molecule has 0 bridgehead atoms. The third-order valence-corrected chi connectivity index (χ3v) is 3.98. The van der Waals surface area contributed by atoms with Crippen LogP contribution in [-0.4, -0.2) is 30.1 Å². The van der Waals surface area contributed by atoms with Crippen LogP contribution in [0.5, 0.6) is 0 Å². The molecule has 18 heavy (non-hydrogen) atoms. The molecule has 1 atom stereocenters. The Balaban J connectivity index is 2.24. The lowest BCUT2D eigenvalue weighted by molar-refractivity contribution is 0.422. The Hall–Kier alpha value is -1.32. The first-order valence-corrected chi connectivity index (χ1v) is 6.93. The number of rotatable bonds is 4. The van der Waals surface area contributed by atoms with E-state index < -0.39 is 0 Å². The maximum atomic E-state index is 4.51. The molecule has 4 heteroatoms. The predicted molar refractivity (Wildman–Crippen MR) is 76.1 cm³/mol. The summed E-state index contributed by atoms with van der Waals surface area (Å²) in [5, 5.41) is 3.17. The van der Waals surface area contributed by atoms with Crippen LogP contribution in [0.3, 0.4) is 0 Å². The van der Waals surface area contributed by atoms with Gasteiger partial charge in [0.25, 0.3) is 0 Å². The molecule has 1 aromatic rings. The summed E-state index contributed by atoms with van der Waals surface area (Å²) < 4.78 is 0. The second-order valence-corrected chi connectivity index (χ2v) is 5.37. The highest BCUT2D eigenvalue weighted by molar-refractivity contribution is 5.59. The summed E-state index contributed by atoms with van der Waals surface area (Å²) in [5.74, 6) is 3.64. The molecule has 1 aliphatic rings. The molecule has 0 amide bonds. The van der Waals surface area contributed by atoms with Crippen molar-refractivity contribution in [2.45, 2.75) is 33.6 Å². The van der Waals surface area contributed by atoms with Crippen molar-refractivity contribution < 1.29 is 0 Å². The molecule has 0 radical (unpaired) electrons. The first-order chi connectivity index (χ1) is 8.67. The predicted octanol–water partition coefficient (Wildman–Crippen LogP) is 2.56. The van der Waals surface area contributed by atoms with E-state index in [-0.39, 0.29) is 0 Å². The van der Waals surface area contributed by atoms with Crippen LogP contribution in [0.1, 0.15) is 32.8 Å². The fraction of sp³-hybridized carbons (Fsp3) is 0.714. The summed E-state index contributed by atoms with van der Waals surface area (Å²) in [6.45, 7) is 9.04. The lowest BCUT2D eigenvalue weighted by Gasteiger charge is -2.22. The summed E-state index contributed by atoms with van der Waals surface area (Å²) in [5.41, 5.74) is 1.24. The Morgan fingerprint density at radius 3 is 2.78 bits per heavy atom. The van der Waals surface area contributed by atoms with Gasteiger partial charge < -0.3 is 10.2 Å². The van der Waals surface area contributed by atoms with E-state index in [2.05, 4.69) is 41.0 Å². The normalized spacial score (nSPS) is 19.6. The Bertz CT molecular complexity index is 403. The first-order valence-electron chi connectivity index (χ1n) is 6.93. The number of hydrogen-bond acceptors (Lipinski definition) is 4. The second-order valence-electron chi connectivity index (χ2n) is 5.37. The number of aromatic nitrogens is 2. The molecule has 2 rings (SSSR count). The Labute approximate surface area is 110 Å². The lowest BCUT2D eigenvalue weighted by Crippen LogP contribution is -2.24. The van der Waals surface area contributed by atoms with Gasteiger partial charge in [-0.2, -0.15) is 0 Å². The van der Waals surface area contributed by atoms with Crippen LogP contribution in [0.15, 0.2) is 6.33 Å². The number of hydrogen-bond donors (Lipinski definition) is 1. The van der Waals surface area contributed by atoms with Gasteiger partial charge in [-0.05, 0) is 24.7 Å². The number of nitrogens with zero attached hydrogens (tertiary/aromatic N) is 3. The molecule has 1 saturated heterocycles. The molecule has 0 aliphatic carbocycles. The molecule has 4 nitrogen and oxygen atoms in total. The molecule has 2 heterocycles. The van der Waals surface area contributed by atoms with Gasteiger partial charge in [-0.1, -0.05) is 20.8 Å². The highest BCUT2D eigenvalue weighted by Crippen LogP contribution is 2.31. The Kier molecular flexibility index (Phi) is 4.04. The summed E-state index contributed by atoms with van der Waals surface area (Å²) in [7, 11) is 1.92. The maximum absolute atomic E-state index is 4.51. The van der Waals surface area contributed by atoms with Crippen LogP contribution in [0.25, 0.3) is 0 Å². The van der Waals surface area contributed by atoms with Gasteiger partial charge in [-0.15, -0.1) is 0 Å². The topological polar surface area (TPSA) is 41.1 Å². The molecule has 1 aliphatic heterocycles. The number of nitrogens with one attached hydrogen (secondary N) is 1. The molecule has 1 unspecified atom stereocenters. The molecular weight excluding hydrogens is 224 g/mol. The fourth-order valence-corrected chi connectivity index (χ4v) is 2.74. The molecule has 1 aromatic heterocycles. The quantitative estimate of drug-likeness (QED) is 0.889. The SMILES string of the molecule is CCc1c(NC)ncnc1N1CCC(C(C)C)C1. The van der Waals surface area contributed by atoms with Crippen LogP contribution in [0, 0.1) is 11.8 Å². The summed E-state index contributed by atoms with van der Waals surface area (Å²) >= 11 is 0. The van der Waals surface area contributed by atoms with Gasteiger partial charge >= 0.3 is 0 Å². The van der Waals surface area contributed by atoms with Gasteiger partial charge in [0.05, 0.1) is 0 Å². The smallest absolute Gasteiger partial charge is 0.137 e. The molecule has 100 valence electrons. The Morgan fingerprint density at radius 2 is 2.22 bits per heavy atom. The number of anilines is 2. The molecule has 0 spiro atoms. The average molecular weight is 248 g/mol. The van der Waals surface area contributed by atoms with E-state index in [0.29, 0.717) is 0 Å². The highest BCUT2D eigenvalue weighted by Gasteiger charge is 2.27. The van der Waals surface area contributed by atoms with Gasteiger partial charge in [0.15, 0.2) is 0 Å². The van der Waals surface area contributed by atoms with Crippen LogP contribution in [-0.2, 0) is 6.42 Å². The van der Waals surface area contributed by atoms with Crippen LogP contribution < -0.4 is 10.2 Å². The fourth-order valence-electron chi connectivity index (χ4n) is 2.74. The molecule has 1 fully saturated rings. The van der Waals surface area contributed by atoms with Crippen molar-refractivity contribution >= 4 is 11.6 Å². The Morgan fingerprint density at radius 1 is 1.44 bits per heavy atom. The monoisotopic (exact) mass is 248 g/mol. The molecule has 0 saturated carbocycles. The van der Waals surface area contributed by atoms with Crippen LogP contribution in [0.2, 0.25) is 0 Å². The van der Waals surface area contributed by atoms with Gasteiger partial charge in [0.1, 0.15) is 18.0 Å². The minimum absolute atomic E-state index is 0.755. The highest BCUT2D eigenvalue weighted by atomic mass is 15.2. The average Bonchev–Trinajstić information content (AvgIpc) is 2.87. The minimum atomic E-state index is 0.755. The van der Waals surface area contributed by atoms with Crippen molar-refractivity contribution in [3.05, 3.63) is 11.9 Å². The molecule has 0 aromatic carbocycles. The van der Waals surface area contributed by atoms with Crippen molar-refractivity contribution in [2.75, 3.05) is 30.4 Å². The van der Waals surface area contributed by atoms with Crippen molar-refractivity contribution in [3.8, 4) is 0 Å². The maximum Gasteiger partial charge on any atom is 0.137 e. The zero-order valence-corrected chi connectivity index (χ0v) is 11.9. The zero-order valence-electron chi connectivity index (χ0n) is 11.9. The van der Waals surface area contributed by atoms with Gasteiger partial charge in [0.2, 0.25) is 0 Å². The first kappa shape index (κ1) is 13.1. The zero-order chi connectivity index (χ0) is 13.1. The minimum Gasteiger partial charge on any atom is -0.373 e. The van der Waals surface area contributed by atoms with E-state index in [1.54, 1.807) is 6.33 Å². The van der Waals surface area contributed by atoms with E-state index in [9.17, 15) is 0 Å². The van der Waals surface area contributed by atoms with E-state index in [0.717, 1.165) is 43.0 Å². The van der Waals surface area contributed by atoms with Crippen molar-refractivity contribution in [1.82, 2.24) is 9.97 Å². The third-order valence-electron chi connectivity index (χ3n) is 3.98. The summed E-state index contributed by atoms with van der Waals surface area (Å²) in [6, 6.07) is 0. The van der Waals surface area contributed by atoms with Gasteiger partial charge in [-0.3, -0.25) is 0 Å². The molecule has 1 N–H and O–H groups in total. The van der Waals surface area contributed by atoms with Gasteiger partial charge in [-0.25, -0.2) is 9.97 Å². The van der Waals surface area contributed by atoms with Crippen molar-refractivity contribution in [2.24, 2.45) is 11.8 Å². The van der Waals surface area contributed by atoms with Gasteiger partial charge in [0, 0.05) is 25.7 Å². The largest absolute Gasteiger partial charge is 0.373 e. The summed E-state index contributed by atoms with van der Waals surface area (Å²) in [6.07, 6.45) is 3.91. The second kappa shape index (κ2) is 5.55. The van der Waals surface area contributed by atoms with Crippen molar-refractivity contribution in [3.63, 3.8) is 0 Å². The summed E-state index contributed by atoms with van der Waals surface area (Å²) in [4.78, 5) is 11.2. The van der Waals surface area contributed by atoms with E-state index >= 15 is 0 Å². The third kappa shape index (κ3) is 2.42. The van der Waals surface area contributed by atoms with E-state index in [1.807, 2.05) is 7.05 Å². The van der Waals surface area contributed by atoms with E-state index in [1.165, 1.54) is 12.0 Å².